The van der Waals surface area contributed by atoms with E-state index in [-0.39, 0.29) is 12.5 Å². The number of nitrogens with one attached hydrogen (secondary N) is 1. The highest BCUT2D eigenvalue weighted by molar-refractivity contribution is 5.59. The highest BCUT2D eigenvalue weighted by Gasteiger charge is 2.35. The monoisotopic (exact) mass is 285 g/mol. The van der Waals surface area contributed by atoms with E-state index in [1.807, 2.05) is 54.6 Å². The molecule has 0 aliphatic heterocycles. The molecular formula is C18H23NO2. The van der Waals surface area contributed by atoms with Crippen LogP contribution in [0.25, 0.3) is 0 Å². The summed E-state index contributed by atoms with van der Waals surface area (Å²) in [4.78, 5) is 0. The number of hydrogen-bond donors (Lipinski definition) is 2. The number of rotatable bonds is 6. The highest BCUT2D eigenvalue weighted by atomic mass is 16.5. The molecule has 0 aromatic heterocycles. The van der Waals surface area contributed by atoms with Gasteiger partial charge in [0.15, 0.2) is 0 Å². The van der Waals surface area contributed by atoms with Gasteiger partial charge in [0.2, 0.25) is 0 Å². The molecule has 2 aromatic rings. The van der Waals surface area contributed by atoms with Crippen LogP contribution >= 0.6 is 0 Å². The van der Waals surface area contributed by atoms with Crippen LogP contribution < -0.4 is 10.1 Å². The molecule has 0 saturated heterocycles. The number of anilines is 1. The summed E-state index contributed by atoms with van der Waals surface area (Å²) in [5, 5.41) is 13.6. The molecule has 0 fully saturated rings. The van der Waals surface area contributed by atoms with E-state index < -0.39 is 5.54 Å². The van der Waals surface area contributed by atoms with Crippen molar-refractivity contribution in [2.45, 2.75) is 19.4 Å². The largest absolute Gasteiger partial charge is 0.495 e. The van der Waals surface area contributed by atoms with Gasteiger partial charge in [-0.25, -0.2) is 0 Å². The van der Waals surface area contributed by atoms with E-state index in [1.165, 1.54) is 0 Å². The fraction of sp³-hybridized carbons (Fsp3) is 0.333. The zero-order valence-corrected chi connectivity index (χ0v) is 12.8. The van der Waals surface area contributed by atoms with Crippen LogP contribution in [0, 0.1) is 5.92 Å². The smallest absolute Gasteiger partial charge is 0.141 e. The van der Waals surface area contributed by atoms with Gasteiger partial charge in [0, 0.05) is 0 Å². The highest BCUT2D eigenvalue weighted by Crippen LogP contribution is 2.36. The minimum Gasteiger partial charge on any atom is -0.495 e. The number of aliphatic hydroxyl groups is 1. The van der Waals surface area contributed by atoms with Gasteiger partial charge in [0.1, 0.15) is 5.75 Å². The molecule has 1 atom stereocenters. The fourth-order valence-electron chi connectivity index (χ4n) is 2.59. The first-order valence-electron chi connectivity index (χ1n) is 7.21. The SMILES string of the molecule is COc1ccccc1NC(CO)(c1ccccc1)C(C)C. The first-order chi connectivity index (χ1) is 10.1. The van der Waals surface area contributed by atoms with Gasteiger partial charge in [-0.3, -0.25) is 0 Å². The number of hydrogen-bond acceptors (Lipinski definition) is 3. The first kappa shape index (κ1) is 15.4. The van der Waals surface area contributed by atoms with Gasteiger partial charge < -0.3 is 15.2 Å². The average molecular weight is 285 g/mol. The van der Waals surface area contributed by atoms with Crippen molar-refractivity contribution < 1.29 is 9.84 Å². The summed E-state index contributed by atoms with van der Waals surface area (Å²) in [5.41, 5.74) is 1.40. The molecule has 0 bridgehead atoms. The molecule has 0 radical (unpaired) electrons. The lowest BCUT2D eigenvalue weighted by molar-refractivity contribution is 0.172. The van der Waals surface area contributed by atoms with Gasteiger partial charge in [-0.1, -0.05) is 56.3 Å². The van der Waals surface area contributed by atoms with Gasteiger partial charge in [-0.2, -0.15) is 0 Å². The topological polar surface area (TPSA) is 41.5 Å². The molecule has 0 heterocycles. The van der Waals surface area contributed by atoms with Crippen LogP contribution in [0.4, 0.5) is 5.69 Å². The predicted molar refractivity (Wildman–Crippen MR) is 86.7 cm³/mol. The molecule has 0 aliphatic carbocycles. The van der Waals surface area contributed by atoms with Crippen LogP contribution in [0.5, 0.6) is 5.75 Å². The summed E-state index contributed by atoms with van der Waals surface area (Å²) in [6.07, 6.45) is 0. The second-order valence-electron chi connectivity index (χ2n) is 5.48. The zero-order chi connectivity index (χ0) is 15.3. The van der Waals surface area contributed by atoms with E-state index in [0.29, 0.717) is 0 Å². The summed E-state index contributed by atoms with van der Waals surface area (Å²) < 4.78 is 5.41. The number of para-hydroxylation sites is 2. The molecular weight excluding hydrogens is 262 g/mol. The molecule has 112 valence electrons. The molecule has 3 heteroatoms. The van der Waals surface area contributed by atoms with Gasteiger partial charge >= 0.3 is 0 Å². The van der Waals surface area contributed by atoms with E-state index in [1.54, 1.807) is 7.11 Å². The standard InChI is InChI=1S/C18H23NO2/c1-14(2)18(13-20,15-9-5-4-6-10-15)19-16-11-7-8-12-17(16)21-3/h4-12,14,19-20H,13H2,1-3H3. The maximum atomic E-state index is 10.1. The predicted octanol–water partition coefficient (Wildman–Crippen LogP) is 3.65. The molecule has 2 N–H and O–H groups in total. The molecule has 3 nitrogen and oxygen atoms in total. The molecule has 0 spiro atoms. The molecule has 2 aromatic carbocycles. The second-order valence-corrected chi connectivity index (χ2v) is 5.48. The molecule has 21 heavy (non-hydrogen) atoms. The van der Waals surface area contributed by atoms with E-state index >= 15 is 0 Å². The lowest BCUT2D eigenvalue weighted by Gasteiger charge is -2.38. The Bertz CT molecular complexity index is 568. The van der Waals surface area contributed by atoms with E-state index in [0.717, 1.165) is 17.0 Å². The third kappa shape index (κ3) is 3.03. The summed E-state index contributed by atoms with van der Waals surface area (Å²) in [7, 11) is 1.65. The first-order valence-corrected chi connectivity index (χ1v) is 7.21. The van der Waals surface area contributed by atoms with Crippen LogP contribution in [0.15, 0.2) is 54.6 Å². The average Bonchev–Trinajstić information content (AvgIpc) is 2.53. The second kappa shape index (κ2) is 6.64. The Hall–Kier alpha value is -2.00. The van der Waals surface area contributed by atoms with Gasteiger partial charge in [0.05, 0.1) is 24.9 Å². The lowest BCUT2D eigenvalue weighted by atomic mass is 9.80. The van der Waals surface area contributed by atoms with Crippen molar-refractivity contribution in [1.29, 1.82) is 0 Å². The van der Waals surface area contributed by atoms with E-state index in [9.17, 15) is 5.11 Å². The van der Waals surface area contributed by atoms with Crippen molar-refractivity contribution >= 4 is 5.69 Å². The summed E-state index contributed by atoms with van der Waals surface area (Å²) >= 11 is 0. The van der Waals surface area contributed by atoms with Crippen molar-refractivity contribution in [3.63, 3.8) is 0 Å². The number of methoxy groups -OCH3 is 1. The Morgan fingerprint density at radius 3 is 2.24 bits per heavy atom. The lowest BCUT2D eigenvalue weighted by Crippen LogP contribution is -2.44. The maximum absolute atomic E-state index is 10.1. The Morgan fingerprint density at radius 2 is 1.67 bits per heavy atom. The number of ether oxygens (including phenoxy) is 1. The molecule has 2 rings (SSSR count). The molecule has 1 unspecified atom stereocenters. The molecule has 0 aliphatic rings. The van der Waals surface area contributed by atoms with Crippen molar-refractivity contribution in [1.82, 2.24) is 0 Å². The third-order valence-electron chi connectivity index (χ3n) is 3.99. The van der Waals surface area contributed by atoms with Crippen molar-refractivity contribution in [2.75, 3.05) is 19.0 Å². The molecule has 0 saturated carbocycles. The van der Waals surface area contributed by atoms with Crippen molar-refractivity contribution in [2.24, 2.45) is 5.92 Å². The van der Waals surface area contributed by atoms with Crippen LogP contribution in [0.3, 0.4) is 0 Å². The Labute approximate surface area is 126 Å². The van der Waals surface area contributed by atoms with Gasteiger partial charge in [0.25, 0.3) is 0 Å². The van der Waals surface area contributed by atoms with Crippen molar-refractivity contribution in [3.05, 3.63) is 60.2 Å². The quantitative estimate of drug-likeness (QED) is 0.851. The molecule has 0 amide bonds. The van der Waals surface area contributed by atoms with E-state index in [4.69, 9.17) is 4.74 Å². The Balaban J connectivity index is 2.47. The zero-order valence-electron chi connectivity index (χ0n) is 12.8. The third-order valence-corrected chi connectivity index (χ3v) is 3.99. The summed E-state index contributed by atoms with van der Waals surface area (Å²) in [6.45, 7) is 4.21. The van der Waals surface area contributed by atoms with Crippen LogP contribution in [-0.4, -0.2) is 18.8 Å². The van der Waals surface area contributed by atoms with Crippen LogP contribution in [0.2, 0.25) is 0 Å². The summed E-state index contributed by atoms with van der Waals surface area (Å²) in [5.74, 6) is 0.974. The van der Waals surface area contributed by atoms with Gasteiger partial charge in [-0.15, -0.1) is 0 Å². The normalized spacial score (nSPS) is 13.8. The minimum absolute atomic E-state index is 0.00668. The van der Waals surface area contributed by atoms with Crippen molar-refractivity contribution in [3.8, 4) is 5.75 Å². The van der Waals surface area contributed by atoms with Crippen LogP contribution in [-0.2, 0) is 5.54 Å². The number of aliphatic hydroxyl groups excluding tert-OH is 1. The fourth-order valence-corrected chi connectivity index (χ4v) is 2.59. The van der Waals surface area contributed by atoms with E-state index in [2.05, 4.69) is 19.2 Å². The maximum Gasteiger partial charge on any atom is 0.141 e. The van der Waals surface area contributed by atoms with Crippen LogP contribution in [0.1, 0.15) is 19.4 Å². The summed E-state index contributed by atoms with van der Waals surface area (Å²) in [6, 6.07) is 17.8. The Morgan fingerprint density at radius 1 is 1.05 bits per heavy atom. The Kier molecular flexibility index (Phi) is 4.86. The minimum atomic E-state index is -0.546. The van der Waals surface area contributed by atoms with Gasteiger partial charge in [-0.05, 0) is 23.6 Å². The number of benzene rings is 2.